The first kappa shape index (κ1) is 16.9. The average Bonchev–Trinajstić information content (AvgIpc) is 3.25. The summed E-state index contributed by atoms with van der Waals surface area (Å²) < 4.78 is 8.09. The maximum absolute atomic E-state index is 11.8. The van der Waals surface area contributed by atoms with Crippen LogP contribution in [0.1, 0.15) is 12.5 Å². The van der Waals surface area contributed by atoms with Gasteiger partial charge >= 0.3 is 5.97 Å². The molecular weight excluding hydrogens is 370 g/mol. The Morgan fingerprint density at radius 1 is 1.37 bits per heavy atom. The Kier molecular flexibility index (Phi) is 4.18. The van der Waals surface area contributed by atoms with Gasteiger partial charge in [0.2, 0.25) is 5.28 Å². The van der Waals surface area contributed by atoms with E-state index in [0.717, 1.165) is 10.9 Å². The number of ether oxygens (including phenoxy) is 1. The van der Waals surface area contributed by atoms with Crippen LogP contribution < -0.4 is 0 Å². The van der Waals surface area contributed by atoms with Gasteiger partial charge in [-0.05, 0) is 36.7 Å². The van der Waals surface area contributed by atoms with E-state index in [2.05, 4.69) is 26.1 Å². The highest BCUT2D eigenvalue weighted by atomic mass is 35.5. The molecule has 0 aliphatic rings. The van der Waals surface area contributed by atoms with Crippen molar-refractivity contribution in [3.8, 4) is 11.9 Å². The van der Waals surface area contributed by atoms with Crippen LogP contribution in [-0.4, -0.2) is 41.9 Å². The molecule has 10 heteroatoms. The summed E-state index contributed by atoms with van der Waals surface area (Å²) in [6.07, 6.45) is 3.11. The lowest BCUT2D eigenvalue weighted by atomic mass is 10.2. The number of fused-ring (bicyclic) bond motifs is 2. The number of carbonyl (C=O) groups excluding carboxylic acids is 1. The van der Waals surface area contributed by atoms with E-state index in [4.69, 9.17) is 21.6 Å². The summed E-state index contributed by atoms with van der Waals surface area (Å²) in [7, 11) is 0. The van der Waals surface area contributed by atoms with E-state index in [-0.39, 0.29) is 18.4 Å². The molecule has 0 N–H and O–H groups in total. The maximum Gasteiger partial charge on any atom is 0.326 e. The molecule has 9 nitrogen and oxygen atoms in total. The predicted molar refractivity (Wildman–Crippen MR) is 96.3 cm³/mol. The third kappa shape index (κ3) is 2.96. The minimum absolute atomic E-state index is 0.000374. The zero-order valence-electron chi connectivity index (χ0n) is 14.1. The van der Waals surface area contributed by atoms with Gasteiger partial charge in [0, 0.05) is 5.39 Å². The molecule has 0 spiro atoms. The third-order valence-electron chi connectivity index (χ3n) is 3.92. The number of rotatable bonds is 4. The Hall–Kier alpha value is -3.51. The number of benzene rings is 1. The number of hydrogen-bond acceptors (Lipinski definition) is 7. The number of halogens is 1. The molecule has 1 aromatic carbocycles. The molecule has 3 aromatic heterocycles. The standard InChI is InChI=1S/C17H12ClN7O2/c1-2-27-13(26)8-24-9-20-14-15(24)22-17(18)23-16(14)25-12-4-3-10(6-19)5-11(12)7-21-25/h3-5,7,9H,2,8H2,1H3. The van der Waals surface area contributed by atoms with Crippen LogP contribution in [0.2, 0.25) is 5.28 Å². The fraction of sp³-hybridized carbons (Fsp3) is 0.176. The molecule has 0 saturated heterocycles. The van der Waals surface area contributed by atoms with E-state index in [0.29, 0.717) is 22.5 Å². The Labute approximate surface area is 157 Å². The van der Waals surface area contributed by atoms with Crippen molar-refractivity contribution in [3.05, 3.63) is 41.6 Å². The average molecular weight is 382 g/mol. The Morgan fingerprint density at radius 3 is 3.00 bits per heavy atom. The largest absolute Gasteiger partial charge is 0.465 e. The molecule has 4 aromatic rings. The topological polar surface area (TPSA) is 112 Å². The van der Waals surface area contributed by atoms with Gasteiger partial charge in [0.1, 0.15) is 6.54 Å². The molecule has 0 aliphatic heterocycles. The molecule has 3 heterocycles. The van der Waals surface area contributed by atoms with E-state index in [1.54, 1.807) is 40.6 Å². The van der Waals surface area contributed by atoms with E-state index in [9.17, 15) is 4.79 Å². The van der Waals surface area contributed by atoms with E-state index in [1.807, 2.05) is 0 Å². The van der Waals surface area contributed by atoms with Crippen molar-refractivity contribution in [2.24, 2.45) is 0 Å². The van der Waals surface area contributed by atoms with Gasteiger partial charge in [0.15, 0.2) is 17.0 Å². The van der Waals surface area contributed by atoms with Gasteiger partial charge in [-0.3, -0.25) is 4.79 Å². The molecule has 27 heavy (non-hydrogen) atoms. The summed E-state index contributed by atoms with van der Waals surface area (Å²) in [5.74, 6) is -0.0195. The molecule has 0 atom stereocenters. The molecule has 0 fully saturated rings. The van der Waals surface area contributed by atoms with Gasteiger partial charge in [-0.2, -0.15) is 20.3 Å². The number of aromatic nitrogens is 6. The molecule has 0 saturated carbocycles. The van der Waals surface area contributed by atoms with Gasteiger partial charge in [-0.25, -0.2) is 9.67 Å². The summed E-state index contributed by atoms with van der Waals surface area (Å²) in [5.41, 5.74) is 2.12. The van der Waals surface area contributed by atoms with Gasteiger partial charge in [-0.15, -0.1) is 0 Å². The second-order valence-electron chi connectivity index (χ2n) is 5.61. The van der Waals surface area contributed by atoms with Crippen molar-refractivity contribution >= 4 is 39.6 Å². The lowest BCUT2D eigenvalue weighted by molar-refractivity contribution is -0.143. The highest BCUT2D eigenvalue weighted by molar-refractivity contribution is 6.28. The Balaban J connectivity index is 1.87. The van der Waals surface area contributed by atoms with Crippen molar-refractivity contribution in [1.82, 2.24) is 29.3 Å². The van der Waals surface area contributed by atoms with E-state index >= 15 is 0 Å². The van der Waals surface area contributed by atoms with Crippen molar-refractivity contribution in [1.29, 1.82) is 5.26 Å². The summed E-state index contributed by atoms with van der Waals surface area (Å²) in [6.45, 7) is 1.99. The van der Waals surface area contributed by atoms with Gasteiger partial charge in [-0.1, -0.05) is 0 Å². The van der Waals surface area contributed by atoms with Crippen LogP contribution in [0, 0.1) is 11.3 Å². The molecule has 0 unspecified atom stereocenters. The van der Waals surface area contributed by atoms with Gasteiger partial charge in [0.25, 0.3) is 0 Å². The van der Waals surface area contributed by atoms with Crippen LogP contribution in [-0.2, 0) is 16.1 Å². The molecule has 4 rings (SSSR count). The first-order chi connectivity index (χ1) is 13.1. The third-order valence-corrected chi connectivity index (χ3v) is 4.09. The fourth-order valence-corrected chi connectivity index (χ4v) is 2.94. The van der Waals surface area contributed by atoms with Crippen molar-refractivity contribution < 1.29 is 9.53 Å². The first-order valence-electron chi connectivity index (χ1n) is 8.03. The summed E-state index contributed by atoms with van der Waals surface area (Å²) in [5, 5.41) is 14.2. The highest BCUT2D eigenvalue weighted by Crippen LogP contribution is 2.24. The van der Waals surface area contributed by atoms with Gasteiger partial charge < -0.3 is 9.30 Å². The quantitative estimate of drug-likeness (QED) is 0.393. The van der Waals surface area contributed by atoms with Crippen LogP contribution in [0.5, 0.6) is 0 Å². The van der Waals surface area contributed by atoms with Crippen molar-refractivity contribution in [3.63, 3.8) is 0 Å². The monoisotopic (exact) mass is 381 g/mol. The zero-order valence-corrected chi connectivity index (χ0v) is 14.9. The van der Waals surface area contributed by atoms with Crippen LogP contribution >= 0.6 is 11.6 Å². The molecule has 0 radical (unpaired) electrons. The molecular formula is C17H12ClN7O2. The Bertz CT molecular complexity index is 1220. The van der Waals surface area contributed by atoms with Gasteiger partial charge in [0.05, 0.1) is 36.3 Å². The SMILES string of the molecule is CCOC(=O)Cn1cnc2c(-n3ncc4cc(C#N)ccc43)nc(Cl)nc21. The van der Waals surface area contributed by atoms with Crippen LogP contribution in [0.4, 0.5) is 0 Å². The molecule has 0 amide bonds. The molecule has 0 aliphatic carbocycles. The first-order valence-corrected chi connectivity index (χ1v) is 8.40. The summed E-state index contributed by atoms with van der Waals surface area (Å²) in [4.78, 5) is 24.6. The molecule has 0 bridgehead atoms. The highest BCUT2D eigenvalue weighted by Gasteiger charge is 2.18. The number of imidazole rings is 1. The molecule has 134 valence electrons. The predicted octanol–water partition coefficient (Wildman–Crippen LogP) is 2.25. The number of hydrogen-bond donors (Lipinski definition) is 0. The summed E-state index contributed by atoms with van der Waals surface area (Å²) in [6, 6.07) is 7.30. The Morgan fingerprint density at radius 2 is 2.22 bits per heavy atom. The lowest BCUT2D eigenvalue weighted by Crippen LogP contribution is -2.13. The fourth-order valence-electron chi connectivity index (χ4n) is 2.78. The van der Waals surface area contributed by atoms with E-state index in [1.165, 1.54) is 6.33 Å². The zero-order chi connectivity index (χ0) is 19.0. The maximum atomic E-state index is 11.8. The van der Waals surface area contributed by atoms with Crippen LogP contribution in [0.3, 0.4) is 0 Å². The minimum atomic E-state index is -0.401. The second kappa shape index (κ2) is 6.66. The number of carbonyl (C=O) groups is 1. The van der Waals surface area contributed by atoms with Crippen LogP contribution in [0.25, 0.3) is 27.9 Å². The second-order valence-corrected chi connectivity index (χ2v) is 5.95. The summed E-state index contributed by atoms with van der Waals surface area (Å²) >= 11 is 6.10. The van der Waals surface area contributed by atoms with E-state index < -0.39 is 5.97 Å². The number of nitriles is 1. The minimum Gasteiger partial charge on any atom is -0.465 e. The normalized spacial score (nSPS) is 11.0. The number of esters is 1. The lowest BCUT2D eigenvalue weighted by Gasteiger charge is -2.06. The van der Waals surface area contributed by atoms with Crippen molar-refractivity contribution in [2.45, 2.75) is 13.5 Å². The van der Waals surface area contributed by atoms with Crippen LogP contribution in [0.15, 0.2) is 30.7 Å². The smallest absolute Gasteiger partial charge is 0.326 e. The van der Waals surface area contributed by atoms with Crippen molar-refractivity contribution in [2.75, 3.05) is 6.61 Å². The number of nitrogens with zero attached hydrogens (tertiary/aromatic N) is 7.